The van der Waals surface area contributed by atoms with Crippen molar-refractivity contribution in [2.45, 2.75) is 0 Å². The maximum absolute atomic E-state index is 5.66. The molecule has 6 nitrogen and oxygen atoms in total. The number of hydrogen-bond acceptors (Lipinski definition) is 4. The Hall–Kier alpha value is -2.37. The molecule has 0 amide bonds. The van der Waals surface area contributed by atoms with Gasteiger partial charge in [-0.05, 0) is 12.1 Å². The van der Waals surface area contributed by atoms with Crippen LogP contribution in [0.15, 0.2) is 30.7 Å². The molecule has 2 N–H and O–H groups in total. The minimum absolute atomic E-state index is 0.477. The van der Waals surface area contributed by atoms with Crippen molar-refractivity contribution in [3.8, 4) is 11.3 Å². The van der Waals surface area contributed by atoms with E-state index in [1.807, 2.05) is 19.3 Å². The molecule has 0 atom stereocenters. The van der Waals surface area contributed by atoms with Gasteiger partial charge in [0.2, 0.25) is 0 Å². The number of nitrogen functional groups attached to an aromatic ring is 1. The lowest BCUT2D eigenvalue weighted by Crippen LogP contribution is -1.95. The summed E-state index contributed by atoms with van der Waals surface area (Å²) in [5.74, 6) is 0.477. The monoisotopic (exact) mass is 214 g/mol. The van der Waals surface area contributed by atoms with Gasteiger partial charge in [0.25, 0.3) is 0 Å². The van der Waals surface area contributed by atoms with Gasteiger partial charge in [-0.25, -0.2) is 9.50 Å². The number of hydrogen-bond donors (Lipinski definition) is 1. The van der Waals surface area contributed by atoms with E-state index in [0.29, 0.717) is 5.82 Å². The normalized spacial score (nSPS) is 11.1. The Balaban J connectivity index is 2.27. The summed E-state index contributed by atoms with van der Waals surface area (Å²) in [4.78, 5) is 4.25. The van der Waals surface area contributed by atoms with Crippen LogP contribution in [0.4, 0.5) is 5.82 Å². The van der Waals surface area contributed by atoms with Gasteiger partial charge in [0.1, 0.15) is 5.82 Å². The van der Waals surface area contributed by atoms with Crippen molar-refractivity contribution in [2.24, 2.45) is 7.05 Å². The second kappa shape index (κ2) is 3.06. The maximum atomic E-state index is 5.66. The molecule has 3 heterocycles. The number of aromatic nitrogens is 5. The molecular formula is C10H10N6. The largest absolute Gasteiger partial charge is 0.384 e. The zero-order valence-corrected chi connectivity index (χ0v) is 8.70. The lowest BCUT2D eigenvalue weighted by atomic mass is 10.2. The number of nitrogens with zero attached hydrogens (tertiary/aromatic N) is 5. The zero-order chi connectivity index (χ0) is 11.1. The summed E-state index contributed by atoms with van der Waals surface area (Å²) in [6, 6.07) is 3.63. The molecular weight excluding hydrogens is 204 g/mol. The van der Waals surface area contributed by atoms with E-state index in [4.69, 9.17) is 5.73 Å². The van der Waals surface area contributed by atoms with Crippen LogP contribution in [0.2, 0.25) is 0 Å². The van der Waals surface area contributed by atoms with E-state index in [-0.39, 0.29) is 0 Å². The molecule has 0 aliphatic carbocycles. The molecule has 0 bridgehead atoms. The third-order valence-electron chi connectivity index (χ3n) is 2.38. The van der Waals surface area contributed by atoms with Crippen LogP contribution in [0, 0.1) is 0 Å². The fraction of sp³-hybridized carbons (Fsp3) is 0.100. The van der Waals surface area contributed by atoms with Gasteiger partial charge < -0.3 is 5.73 Å². The molecule has 80 valence electrons. The summed E-state index contributed by atoms with van der Waals surface area (Å²) >= 11 is 0. The fourth-order valence-corrected chi connectivity index (χ4v) is 1.62. The number of rotatable bonds is 1. The Morgan fingerprint density at radius 1 is 1.25 bits per heavy atom. The number of aryl methyl sites for hydroxylation is 1. The minimum atomic E-state index is 0.477. The van der Waals surface area contributed by atoms with Crippen LogP contribution >= 0.6 is 0 Å². The molecule has 6 heteroatoms. The average molecular weight is 214 g/mol. The predicted octanol–water partition coefficient (Wildman–Crippen LogP) is 0.712. The van der Waals surface area contributed by atoms with Crippen LogP contribution in [0.5, 0.6) is 0 Å². The van der Waals surface area contributed by atoms with Crippen LogP contribution < -0.4 is 5.73 Å². The van der Waals surface area contributed by atoms with E-state index in [1.165, 1.54) is 0 Å². The van der Waals surface area contributed by atoms with Gasteiger partial charge in [0, 0.05) is 19.4 Å². The number of anilines is 1. The second-order valence-electron chi connectivity index (χ2n) is 3.55. The lowest BCUT2D eigenvalue weighted by Gasteiger charge is -1.96. The summed E-state index contributed by atoms with van der Waals surface area (Å²) in [6.07, 6.45) is 5.40. The molecule has 0 saturated carbocycles. The van der Waals surface area contributed by atoms with Crippen molar-refractivity contribution in [3.63, 3.8) is 0 Å². The Morgan fingerprint density at radius 3 is 2.88 bits per heavy atom. The highest BCUT2D eigenvalue weighted by atomic mass is 15.3. The Kier molecular flexibility index (Phi) is 1.70. The van der Waals surface area contributed by atoms with Crippen molar-refractivity contribution in [3.05, 3.63) is 30.7 Å². The van der Waals surface area contributed by atoms with E-state index in [0.717, 1.165) is 16.9 Å². The van der Waals surface area contributed by atoms with Gasteiger partial charge in [0.05, 0.1) is 17.5 Å². The molecule has 0 aromatic carbocycles. The van der Waals surface area contributed by atoms with Crippen LogP contribution in [-0.4, -0.2) is 24.4 Å². The summed E-state index contributed by atoms with van der Waals surface area (Å²) in [7, 11) is 1.87. The smallest absolute Gasteiger partial charge is 0.166 e. The molecule has 0 saturated heterocycles. The third kappa shape index (κ3) is 1.23. The second-order valence-corrected chi connectivity index (χ2v) is 3.55. The first-order valence-electron chi connectivity index (χ1n) is 4.84. The SMILES string of the molecule is Cn1ccc(-c2cnn3ccc(N)nc23)n1. The van der Waals surface area contributed by atoms with Gasteiger partial charge >= 0.3 is 0 Å². The van der Waals surface area contributed by atoms with Gasteiger partial charge in [-0.2, -0.15) is 10.2 Å². The average Bonchev–Trinajstić information content (AvgIpc) is 2.83. The fourth-order valence-electron chi connectivity index (χ4n) is 1.62. The summed E-state index contributed by atoms with van der Waals surface area (Å²) in [5.41, 5.74) is 8.10. The molecule has 3 aromatic rings. The van der Waals surface area contributed by atoms with E-state index < -0.39 is 0 Å². The first kappa shape index (κ1) is 8.90. The van der Waals surface area contributed by atoms with Gasteiger partial charge in [0.15, 0.2) is 5.65 Å². The minimum Gasteiger partial charge on any atom is -0.384 e. The van der Waals surface area contributed by atoms with Gasteiger partial charge in [-0.1, -0.05) is 0 Å². The van der Waals surface area contributed by atoms with Crippen molar-refractivity contribution in [2.75, 3.05) is 5.73 Å². The molecule has 16 heavy (non-hydrogen) atoms. The molecule has 0 spiro atoms. The number of nitrogens with two attached hydrogens (primary N) is 1. The zero-order valence-electron chi connectivity index (χ0n) is 8.70. The topological polar surface area (TPSA) is 74.0 Å². The van der Waals surface area contributed by atoms with E-state index in [1.54, 1.807) is 27.7 Å². The summed E-state index contributed by atoms with van der Waals surface area (Å²) in [5, 5.41) is 8.51. The van der Waals surface area contributed by atoms with Crippen LogP contribution in [-0.2, 0) is 7.05 Å². The molecule has 0 aliphatic heterocycles. The Morgan fingerprint density at radius 2 is 2.12 bits per heavy atom. The van der Waals surface area contributed by atoms with Crippen molar-refractivity contribution in [1.29, 1.82) is 0 Å². The van der Waals surface area contributed by atoms with E-state index in [9.17, 15) is 0 Å². The van der Waals surface area contributed by atoms with Gasteiger partial charge in [-0.15, -0.1) is 0 Å². The van der Waals surface area contributed by atoms with Crippen LogP contribution in [0.1, 0.15) is 0 Å². The molecule has 0 unspecified atom stereocenters. The van der Waals surface area contributed by atoms with E-state index in [2.05, 4.69) is 15.2 Å². The van der Waals surface area contributed by atoms with Crippen LogP contribution in [0.25, 0.3) is 16.9 Å². The highest BCUT2D eigenvalue weighted by Crippen LogP contribution is 2.21. The third-order valence-corrected chi connectivity index (χ3v) is 2.38. The molecule has 0 radical (unpaired) electrons. The quantitative estimate of drug-likeness (QED) is 0.647. The Bertz CT molecular complexity index is 650. The standard InChI is InChI=1S/C10H10N6/c1-15-4-2-8(14-15)7-6-12-16-5-3-9(11)13-10(7)16/h2-6H,1H3,(H2,11,13). The number of fused-ring (bicyclic) bond motifs is 1. The van der Waals surface area contributed by atoms with Crippen molar-refractivity contribution >= 4 is 11.5 Å². The molecule has 3 aromatic heterocycles. The lowest BCUT2D eigenvalue weighted by molar-refractivity contribution is 0.771. The summed E-state index contributed by atoms with van der Waals surface area (Å²) < 4.78 is 3.42. The highest BCUT2D eigenvalue weighted by molar-refractivity contribution is 5.74. The van der Waals surface area contributed by atoms with Crippen molar-refractivity contribution in [1.82, 2.24) is 24.4 Å². The predicted molar refractivity (Wildman–Crippen MR) is 59.6 cm³/mol. The first-order chi connectivity index (χ1) is 7.74. The van der Waals surface area contributed by atoms with Gasteiger partial charge in [-0.3, -0.25) is 4.68 Å². The summed E-state index contributed by atoms with van der Waals surface area (Å²) in [6.45, 7) is 0. The highest BCUT2D eigenvalue weighted by Gasteiger charge is 2.10. The van der Waals surface area contributed by atoms with E-state index >= 15 is 0 Å². The van der Waals surface area contributed by atoms with Crippen LogP contribution in [0.3, 0.4) is 0 Å². The first-order valence-corrected chi connectivity index (χ1v) is 4.84. The molecule has 3 rings (SSSR count). The maximum Gasteiger partial charge on any atom is 0.166 e. The Labute approximate surface area is 91.3 Å². The van der Waals surface area contributed by atoms with Crippen molar-refractivity contribution < 1.29 is 0 Å². The molecule has 0 fully saturated rings. The molecule has 0 aliphatic rings.